The molecule has 3 rings (SSSR count). The number of nitrogens with zero attached hydrogens (tertiary/aromatic N) is 4. The number of ether oxygens (including phenoxy) is 1. The molecule has 31 heavy (non-hydrogen) atoms. The second-order valence-corrected chi connectivity index (χ2v) is 9.39. The van der Waals surface area contributed by atoms with Crippen molar-refractivity contribution in [3.05, 3.63) is 40.4 Å². The first-order valence-electron chi connectivity index (χ1n) is 10.0. The Morgan fingerprint density at radius 1 is 1.19 bits per heavy atom. The van der Waals surface area contributed by atoms with E-state index in [1.165, 1.54) is 12.1 Å². The molecule has 0 atom stereocenters. The monoisotopic (exact) mass is 448 g/mol. The Morgan fingerprint density at radius 3 is 2.39 bits per heavy atom. The molecule has 0 spiro atoms. The van der Waals surface area contributed by atoms with Gasteiger partial charge in [0.05, 0.1) is 23.2 Å². The fourth-order valence-corrected chi connectivity index (χ4v) is 4.30. The molecule has 1 aliphatic heterocycles. The lowest BCUT2D eigenvalue weighted by atomic mass is 9.97. The minimum absolute atomic E-state index is 0.0166. The minimum Gasteiger partial charge on any atom is -0.466 e. The van der Waals surface area contributed by atoms with E-state index in [9.17, 15) is 23.3 Å². The van der Waals surface area contributed by atoms with Crippen LogP contribution in [-0.4, -0.2) is 54.7 Å². The Kier molecular flexibility index (Phi) is 6.84. The van der Waals surface area contributed by atoms with E-state index < -0.39 is 20.7 Å². The summed E-state index contributed by atoms with van der Waals surface area (Å²) in [5.74, 6) is -0.578. The van der Waals surface area contributed by atoms with Gasteiger partial charge in [0, 0.05) is 24.7 Å². The number of esters is 1. The molecule has 0 saturated carbocycles. The molecule has 1 aliphatic rings. The third kappa shape index (κ3) is 5.16. The average molecular weight is 449 g/mol. The van der Waals surface area contributed by atoms with Gasteiger partial charge in [-0.1, -0.05) is 24.0 Å². The zero-order chi connectivity index (χ0) is 22.6. The Morgan fingerprint density at radius 2 is 1.84 bits per heavy atom. The summed E-state index contributed by atoms with van der Waals surface area (Å²) in [7, 11) is -3.35. The van der Waals surface area contributed by atoms with E-state index in [0.29, 0.717) is 49.6 Å². The fourth-order valence-electron chi connectivity index (χ4n) is 3.42. The van der Waals surface area contributed by atoms with Crippen LogP contribution in [0, 0.1) is 16.0 Å². The number of hydrogen-bond acceptors (Lipinski definition) is 9. The van der Waals surface area contributed by atoms with Crippen LogP contribution in [0.5, 0.6) is 0 Å². The van der Waals surface area contributed by atoms with Gasteiger partial charge >= 0.3 is 11.9 Å². The van der Waals surface area contributed by atoms with Gasteiger partial charge in [0.2, 0.25) is 5.82 Å². The van der Waals surface area contributed by atoms with Crippen LogP contribution in [-0.2, 0) is 19.4 Å². The summed E-state index contributed by atoms with van der Waals surface area (Å²) in [4.78, 5) is 32.8. The van der Waals surface area contributed by atoms with E-state index in [-0.39, 0.29) is 22.5 Å². The second kappa shape index (κ2) is 9.38. The Balaban J connectivity index is 1.87. The van der Waals surface area contributed by atoms with Crippen molar-refractivity contribution in [3.8, 4) is 11.3 Å². The van der Waals surface area contributed by atoms with Crippen molar-refractivity contribution in [1.29, 1.82) is 0 Å². The second-order valence-electron chi connectivity index (χ2n) is 7.11. The van der Waals surface area contributed by atoms with Crippen molar-refractivity contribution in [2.24, 2.45) is 5.92 Å². The summed E-state index contributed by atoms with van der Waals surface area (Å²) in [6, 6.07) is 7.72. The molecule has 1 aromatic heterocycles. The molecular weight excluding hydrogens is 424 g/mol. The van der Waals surface area contributed by atoms with Crippen molar-refractivity contribution in [3.63, 3.8) is 0 Å². The molecule has 0 radical (unpaired) electrons. The average Bonchev–Trinajstić information content (AvgIpc) is 2.79. The van der Waals surface area contributed by atoms with Crippen LogP contribution in [0.1, 0.15) is 26.7 Å². The van der Waals surface area contributed by atoms with Gasteiger partial charge in [-0.2, -0.15) is 0 Å². The van der Waals surface area contributed by atoms with Gasteiger partial charge < -0.3 is 19.8 Å². The highest BCUT2D eigenvalue weighted by molar-refractivity contribution is 7.91. The van der Waals surface area contributed by atoms with Crippen LogP contribution in [0.4, 0.5) is 11.8 Å². The summed E-state index contributed by atoms with van der Waals surface area (Å²) in [6.45, 7) is 4.67. The number of hydrogen-bond donors (Lipinski definition) is 0. The van der Waals surface area contributed by atoms with Gasteiger partial charge in [-0.3, -0.25) is 4.79 Å². The minimum atomic E-state index is -3.35. The fraction of sp³-hybridized carbons (Fsp3) is 0.450. The molecule has 2 heterocycles. The highest BCUT2D eigenvalue weighted by Crippen LogP contribution is 2.28. The summed E-state index contributed by atoms with van der Waals surface area (Å²) < 4.78 is 29.1. The van der Waals surface area contributed by atoms with Crippen LogP contribution in [0.3, 0.4) is 0 Å². The summed E-state index contributed by atoms with van der Waals surface area (Å²) >= 11 is 0. The highest BCUT2D eigenvalue weighted by Gasteiger charge is 2.29. The molecular formula is C20H24N4O6S. The van der Waals surface area contributed by atoms with E-state index in [1.807, 2.05) is 4.90 Å². The molecule has 2 aromatic rings. The number of rotatable bonds is 7. The van der Waals surface area contributed by atoms with Crippen molar-refractivity contribution < 1.29 is 22.9 Å². The maximum Gasteiger partial charge on any atom is 0.471 e. The SMILES string of the molecule is CCOC(=O)C1CCN(c2cc(-c3ccc(S(=O)(=O)CC)cc3)nc([N+](=O)[O-])n2)CC1. The molecule has 166 valence electrons. The lowest BCUT2D eigenvalue weighted by Gasteiger charge is -2.30. The summed E-state index contributed by atoms with van der Waals surface area (Å²) in [5, 5.41) is 11.4. The third-order valence-electron chi connectivity index (χ3n) is 5.19. The zero-order valence-electron chi connectivity index (χ0n) is 17.4. The van der Waals surface area contributed by atoms with Crippen LogP contribution in [0.25, 0.3) is 11.3 Å². The Bertz CT molecular complexity index is 1060. The number of anilines is 1. The molecule has 0 aliphatic carbocycles. The number of carbonyl (C=O) groups excluding carboxylic acids is 1. The van der Waals surface area contributed by atoms with Crippen LogP contribution in [0.2, 0.25) is 0 Å². The topological polar surface area (TPSA) is 133 Å². The molecule has 0 unspecified atom stereocenters. The van der Waals surface area contributed by atoms with Crippen molar-refractivity contribution in [1.82, 2.24) is 9.97 Å². The van der Waals surface area contributed by atoms with E-state index in [0.717, 1.165) is 0 Å². The largest absolute Gasteiger partial charge is 0.471 e. The van der Waals surface area contributed by atoms with Crippen molar-refractivity contribution in [2.45, 2.75) is 31.6 Å². The standard InChI is InChI=1S/C20H24N4O6S/c1-3-30-19(25)15-9-11-23(12-10-15)18-13-17(21-20(22-18)24(26)27)14-5-7-16(8-6-14)31(28,29)4-2/h5-8,13,15H,3-4,9-12H2,1-2H3. The Hall–Kier alpha value is -3.08. The van der Waals surface area contributed by atoms with Crippen molar-refractivity contribution in [2.75, 3.05) is 30.3 Å². The molecule has 10 nitrogen and oxygen atoms in total. The molecule has 1 aromatic carbocycles. The molecule has 1 fully saturated rings. The third-order valence-corrected chi connectivity index (χ3v) is 6.94. The van der Waals surface area contributed by atoms with Crippen molar-refractivity contribution >= 4 is 27.6 Å². The quantitative estimate of drug-likeness (QED) is 0.356. The number of carbonyl (C=O) groups is 1. The van der Waals surface area contributed by atoms with Gasteiger partial charge in [0.1, 0.15) is 0 Å². The van der Waals surface area contributed by atoms with Crippen LogP contribution < -0.4 is 4.90 Å². The number of nitro groups is 1. The molecule has 0 amide bonds. The van der Waals surface area contributed by atoms with Gasteiger partial charge in [-0.05, 0) is 41.8 Å². The van der Waals surface area contributed by atoms with E-state index in [1.54, 1.807) is 32.0 Å². The maximum absolute atomic E-state index is 12.0. The summed E-state index contributed by atoms with van der Waals surface area (Å²) in [5.41, 5.74) is 0.868. The van der Waals surface area contributed by atoms with Crippen LogP contribution >= 0.6 is 0 Å². The maximum atomic E-state index is 12.0. The zero-order valence-corrected chi connectivity index (χ0v) is 18.2. The Labute approximate surface area is 180 Å². The highest BCUT2D eigenvalue weighted by atomic mass is 32.2. The number of aromatic nitrogens is 2. The van der Waals surface area contributed by atoms with Crippen LogP contribution in [0.15, 0.2) is 35.2 Å². The number of benzene rings is 1. The number of sulfone groups is 1. The molecule has 0 N–H and O–H groups in total. The summed E-state index contributed by atoms with van der Waals surface area (Å²) in [6.07, 6.45) is 1.13. The first-order valence-corrected chi connectivity index (χ1v) is 11.7. The van der Waals surface area contributed by atoms with Gasteiger partial charge in [0.15, 0.2) is 15.5 Å². The first-order chi connectivity index (χ1) is 14.7. The van der Waals surface area contributed by atoms with Gasteiger partial charge in [-0.25, -0.2) is 8.42 Å². The molecule has 1 saturated heterocycles. The molecule has 11 heteroatoms. The lowest BCUT2D eigenvalue weighted by Crippen LogP contribution is -2.37. The van der Waals surface area contributed by atoms with Gasteiger partial charge in [0.25, 0.3) is 0 Å². The van der Waals surface area contributed by atoms with E-state index in [2.05, 4.69) is 9.97 Å². The smallest absolute Gasteiger partial charge is 0.466 e. The predicted octanol–water partition coefficient (Wildman–Crippen LogP) is 2.62. The number of piperidine rings is 1. The molecule has 0 bridgehead atoms. The predicted molar refractivity (Wildman–Crippen MR) is 113 cm³/mol. The van der Waals surface area contributed by atoms with E-state index in [4.69, 9.17) is 4.74 Å². The normalized spacial score (nSPS) is 15.0. The van der Waals surface area contributed by atoms with E-state index >= 15 is 0 Å². The van der Waals surface area contributed by atoms with Gasteiger partial charge in [-0.15, -0.1) is 0 Å². The lowest BCUT2D eigenvalue weighted by molar-refractivity contribution is -0.394. The first kappa shape index (κ1) is 22.6.